The monoisotopic (exact) mass is 312 g/mol. The summed E-state index contributed by atoms with van der Waals surface area (Å²) in [5.74, 6) is 12.0. The molecule has 0 saturated carbocycles. The van der Waals surface area contributed by atoms with E-state index in [1.165, 1.54) is 6.92 Å². The number of allylic oxidation sites excluding steroid dienone is 6. The van der Waals surface area contributed by atoms with Gasteiger partial charge in [0.2, 0.25) is 0 Å². The fourth-order valence-electron chi connectivity index (χ4n) is 1.89. The second-order valence-electron chi connectivity index (χ2n) is 5.42. The third-order valence-electron chi connectivity index (χ3n) is 3.33. The minimum absolute atomic E-state index is 0.217. The Morgan fingerprint density at radius 1 is 1.17 bits per heavy atom. The smallest absolute Gasteiger partial charge is 0.302 e. The van der Waals surface area contributed by atoms with E-state index in [9.17, 15) is 4.79 Å². The molecule has 0 rings (SSSR count). The first-order chi connectivity index (χ1) is 11.1. The fourth-order valence-corrected chi connectivity index (χ4v) is 1.89. The Hall–Kier alpha value is -2.19. The highest BCUT2D eigenvalue weighted by atomic mass is 16.5. The average molecular weight is 312 g/mol. The number of rotatable bonds is 8. The molecule has 0 amide bonds. The topological polar surface area (TPSA) is 26.3 Å². The molecule has 0 N–H and O–H groups in total. The molecule has 0 saturated heterocycles. The molecular weight excluding hydrogens is 284 g/mol. The molecule has 0 heterocycles. The maximum absolute atomic E-state index is 10.8. The van der Waals surface area contributed by atoms with Gasteiger partial charge in [-0.15, -0.1) is 0 Å². The van der Waals surface area contributed by atoms with E-state index in [0.29, 0.717) is 18.4 Å². The molecule has 0 aliphatic rings. The van der Waals surface area contributed by atoms with Crippen LogP contribution in [0.25, 0.3) is 0 Å². The number of ether oxygens (including phenoxy) is 1. The van der Waals surface area contributed by atoms with Crippen LogP contribution in [0, 0.1) is 35.5 Å². The van der Waals surface area contributed by atoms with Crippen LogP contribution in [-0.2, 0) is 9.53 Å². The van der Waals surface area contributed by atoms with Gasteiger partial charge in [-0.25, -0.2) is 0 Å². The zero-order valence-electron chi connectivity index (χ0n) is 14.8. The standard InChI is InChI=1S/C21H28O2/c1-5-7-8-9-10-11-12-13-14-15-21(18-19(3)6-2)16-17-23-20(4)22/h5,7,12-15,19,21H,6,16-18H2,1-4H3/b7-5+,13-12+,15-14+. The summed E-state index contributed by atoms with van der Waals surface area (Å²) in [4.78, 5) is 10.8. The van der Waals surface area contributed by atoms with Crippen molar-refractivity contribution >= 4 is 5.97 Å². The maximum Gasteiger partial charge on any atom is 0.302 e. The van der Waals surface area contributed by atoms with E-state index >= 15 is 0 Å². The van der Waals surface area contributed by atoms with Crippen LogP contribution in [0.15, 0.2) is 36.5 Å². The zero-order valence-corrected chi connectivity index (χ0v) is 14.8. The van der Waals surface area contributed by atoms with Crippen LogP contribution in [0.5, 0.6) is 0 Å². The SMILES string of the molecule is C/C=C/C#CC#C/C=C/C=C/C(CCOC(C)=O)CC(C)CC. The molecule has 124 valence electrons. The summed E-state index contributed by atoms with van der Waals surface area (Å²) in [6.07, 6.45) is 14.6. The normalized spacial score (nSPS) is 13.4. The van der Waals surface area contributed by atoms with Crippen LogP contribution in [0.4, 0.5) is 0 Å². The van der Waals surface area contributed by atoms with Crippen LogP contribution in [0.1, 0.15) is 47.0 Å². The lowest BCUT2D eigenvalue weighted by Crippen LogP contribution is -2.09. The van der Waals surface area contributed by atoms with Crippen molar-refractivity contribution in [1.29, 1.82) is 0 Å². The zero-order chi connectivity index (χ0) is 17.3. The molecule has 0 spiro atoms. The van der Waals surface area contributed by atoms with Crippen molar-refractivity contribution in [2.75, 3.05) is 6.61 Å². The van der Waals surface area contributed by atoms with Crippen molar-refractivity contribution in [2.24, 2.45) is 11.8 Å². The average Bonchev–Trinajstić information content (AvgIpc) is 2.52. The minimum atomic E-state index is -0.217. The lowest BCUT2D eigenvalue weighted by atomic mass is 9.91. The lowest BCUT2D eigenvalue weighted by molar-refractivity contribution is -0.141. The molecule has 23 heavy (non-hydrogen) atoms. The van der Waals surface area contributed by atoms with Gasteiger partial charge in [0.1, 0.15) is 0 Å². The first-order valence-electron chi connectivity index (χ1n) is 8.19. The first-order valence-corrected chi connectivity index (χ1v) is 8.19. The third-order valence-corrected chi connectivity index (χ3v) is 3.33. The molecule has 2 unspecified atom stereocenters. The van der Waals surface area contributed by atoms with Crippen LogP contribution in [0.3, 0.4) is 0 Å². The first kappa shape index (κ1) is 20.8. The summed E-state index contributed by atoms with van der Waals surface area (Å²) in [6.45, 7) is 8.29. The molecule has 0 aromatic heterocycles. The molecule has 2 atom stereocenters. The Bertz CT molecular complexity index is 530. The summed E-state index contributed by atoms with van der Waals surface area (Å²) in [7, 11) is 0. The molecule has 0 aliphatic heterocycles. The number of hydrogen-bond donors (Lipinski definition) is 0. The highest BCUT2D eigenvalue weighted by molar-refractivity contribution is 5.65. The summed E-state index contributed by atoms with van der Waals surface area (Å²) >= 11 is 0. The summed E-state index contributed by atoms with van der Waals surface area (Å²) in [5.41, 5.74) is 0. The van der Waals surface area contributed by atoms with E-state index in [1.807, 2.05) is 25.2 Å². The van der Waals surface area contributed by atoms with Crippen LogP contribution in [-0.4, -0.2) is 12.6 Å². The highest BCUT2D eigenvalue weighted by Crippen LogP contribution is 2.19. The van der Waals surface area contributed by atoms with Gasteiger partial charge in [-0.2, -0.15) is 0 Å². The van der Waals surface area contributed by atoms with Crippen LogP contribution in [0.2, 0.25) is 0 Å². The number of esters is 1. The summed E-state index contributed by atoms with van der Waals surface area (Å²) in [5, 5.41) is 0. The Balaban J connectivity index is 4.43. The van der Waals surface area contributed by atoms with E-state index in [0.717, 1.165) is 19.3 Å². The highest BCUT2D eigenvalue weighted by Gasteiger charge is 2.09. The third kappa shape index (κ3) is 14.5. The van der Waals surface area contributed by atoms with E-state index in [4.69, 9.17) is 4.74 Å². The van der Waals surface area contributed by atoms with E-state index in [2.05, 4.69) is 43.6 Å². The van der Waals surface area contributed by atoms with Crippen LogP contribution < -0.4 is 0 Å². The van der Waals surface area contributed by atoms with Crippen molar-refractivity contribution in [3.8, 4) is 23.7 Å². The summed E-state index contributed by atoms with van der Waals surface area (Å²) < 4.78 is 5.05. The van der Waals surface area contributed by atoms with Gasteiger partial charge in [0.25, 0.3) is 0 Å². The molecular formula is C21H28O2. The van der Waals surface area contributed by atoms with Crippen molar-refractivity contribution in [3.05, 3.63) is 36.5 Å². The number of hydrogen-bond acceptors (Lipinski definition) is 2. The molecule has 0 aliphatic carbocycles. The quantitative estimate of drug-likeness (QED) is 0.369. The van der Waals surface area contributed by atoms with E-state index in [-0.39, 0.29) is 5.97 Å². The van der Waals surface area contributed by atoms with Gasteiger partial charge >= 0.3 is 5.97 Å². The van der Waals surface area contributed by atoms with Crippen LogP contribution >= 0.6 is 0 Å². The van der Waals surface area contributed by atoms with Gasteiger partial charge in [-0.05, 0) is 55.6 Å². The number of carbonyl (C=O) groups excluding carboxylic acids is 1. The molecule has 0 aromatic rings. The van der Waals surface area contributed by atoms with Gasteiger partial charge < -0.3 is 4.74 Å². The number of carbonyl (C=O) groups is 1. The van der Waals surface area contributed by atoms with Crippen molar-refractivity contribution in [3.63, 3.8) is 0 Å². The van der Waals surface area contributed by atoms with Crippen molar-refractivity contribution in [1.82, 2.24) is 0 Å². The Kier molecular flexibility index (Phi) is 13.3. The van der Waals surface area contributed by atoms with Gasteiger partial charge in [0.05, 0.1) is 6.61 Å². The molecule has 2 nitrogen and oxygen atoms in total. The Labute approximate surface area is 141 Å². The van der Waals surface area contributed by atoms with Gasteiger partial charge in [-0.3, -0.25) is 4.79 Å². The molecule has 0 radical (unpaired) electrons. The van der Waals surface area contributed by atoms with Gasteiger partial charge in [-0.1, -0.05) is 56.4 Å². The molecule has 0 aromatic carbocycles. The summed E-state index contributed by atoms with van der Waals surface area (Å²) in [6, 6.07) is 0. The Morgan fingerprint density at radius 2 is 1.87 bits per heavy atom. The molecule has 0 fully saturated rings. The minimum Gasteiger partial charge on any atom is -0.466 e. The van der Waals surface area contributed by atoms with Crippen molar-refractivity contribution in [2.45, 2.75) is 47.0 Å². The second kappa shape index (κ2) is 14.7. The van der Waals surface area contributed by atoms with Crippen molar-refractivity contribution < 1.29 is 9.53 Å². The van der Waals surface area contributed by atoms with Gasteiger partial charge in [0, 0.05) is 6.92 Å². The van der Waals surface area contributed by atoms with Gasteiger partial charge in [0.15, 0.2) is 0 Å². The Morgan fingerprint density at radius 3 is 2.48 bits per heavy atom. The van der Waals surface area contributed by atoms with E-state index in [1.54, 1.807) is 12.2 Å². The second-order valence-corrected chi connectivity index (χ2v) is 5.42. The molecule has 0 bridgehead atoms. The van der Waals surface area contributed by atoms with E-state index < -0.39 is 0 Å². The maximum atomic E-state index is 10.8. The predicted octanol–water partition coefficient (Wildman–Crippen LogP) is 4.69. The fraction of sp³-hybridized carbons (Fsp3) is 0.476. The predicted molar refractivity (Wildman–Crippen MR) is 97.5 cm³/mol. The lowest BCUT2D eigenvalue weighted by Gasteiger charge is -2.16. The largest absolute Gasteiger partial charge is 0.466 e. The molecule has 2 heteroatoms.